The van der Waals surface area contributed by atoms with Crippen molar-refractivity contribution < 1.29 is 23.2 Å². The molecule has 192 valence electrons. The van der Waals surface area contributed by atoms with Crippen LogP contribution in [0.25, 0.3) is 11.1 Å². The Balaban J connectivity index is 1.45. The molecule has 0 spiro atoms. The van der Waals surface area contributed by atoms with Gasteiger partial charge >= 0.3 is 7.12 Å². The smallest absolute Gasteiger partial charge is 0.494 e. The average molecular weight is 500 g/mol. The average Bonchev–Trinajstić information content (AvgIpc) is 3.41. The van der Waals surface area contributed by atoms with Crippen molar-refractivity contribution in [2.24, 2.45) is 0 Å². The number of aromatic nitrogens is 1. The van der Waals surface area contributed by atoms with Gasteiger partial charge in [-0.15, -0.1) is 0 Å². The predicted molar refractivity (Wildman–Crippen MR) is 146 cm³/mol. The van der Waals surface area contributed by atoms with Gasteiger partial charge in [-0.3, -0.25) is 0 Å². The highest BCUT2D eigenvalue weighted by Crippen LogP contribution is 2.37. The minimum atomic E-state index is -0.454. The molecule has 0 amide bonds. The maximum Gasteiger partial charge on any atom is 0.494 e. The number of anilines is 1. The molecule has 0 unspecified atom stereocenters. The molecule has 0 atom stereocenters. The first-order chi connectivity index (χ1) is 17.7. The lowest BCUT2D eigenvalue weighted by Gasteiger charge is -2.32. The van der Waals surface area contributed by atoms with Gasteiger partial charge in [0, 0.05) is 13.1 Å². The Morgan fingerprint density at radius 1 is 0.757 bits per heavy atom. The van der Waals surface area contributed by atoms with E-state index < -0.39 is 18.3 Å². The van der Waals surface area contributed by atoms with Crippen molar-refractivity contribution in [1.82, 2.24) is 4.98 Å². The van der Waals surface area contributed by atoms with Gasteiger partial charge in [0.25, 0.3) is 6.01 Å². The van der Waals surface area contributed by atoms with Crippen molar-refractivity contribution in [3.63, 3.8) is 0 Å². The van der Waals surface area contributed by atoms with Gasteiger partial charge in [0.1, 0.15) is 17.0 Å². The number of oxazole rings is 1. The Kier molecular flexibility index (Phi) is 6.64. The second-order valence-corrected chi connectivity index (χ2v) is 10.4. The second kappa shape index (κ2) is 9.76. The van der Waals surface area contributed by atoms with Crippen molar-refractivity contribution in [1.29, 1.82) is 0 Å². The predicted octanol–water partition coefficient (Wildman–Crippen LogP) is 5.35. The Bertz CT molecular complexity index is 1300. The van der Waals surface area contributed by atoms with Gasteiger partial charge in [-0.25, -0.2) is 0 Å². The molecule has 0 bridgehead atoms. The van der Waals surface area contributed by atoms with Crippen molar-refractivity contribution in [2.45, 2.75) is 52.0 Å². The maximum atomic E-state index is 6.25. The van der Waals surface area contributed by atoms with E-state index in [1.165, 1.54) is 0 Å². The van der Waals surface area contributed by atoms with Crippen LogP contribution in [0.2, 0.25) is 0 Å². The molecule has 37 heavy (non-hydrogen) atoms. The molecule has 0 radical (unpaired) electrons. The second-order valence-electron chi connectivity index (χ2n) is 10.4. The van der Waals surface area contributed by atoms with Gasteiger partial charge in [-0.2, -0.15) is 4.98 Å². The first-order valence-corrected chi connectivity index (χ1v) is 12.4. The molecule has 1 aliphatic heterocycles. The highest BCUT2D eigenvalue weighted by atomic mass is 16.7. The number of ether oxygens (including phenoxy) is 2. The van der Waals surface area contributed by atoms with Crippen LogP contribution in [0.4, 0.5) is 6.01 Å². The molecule has 0 aliphatic carbocycles. The normalized spacial score (nSPS) is 16.2. The topological polar surface area (TPSA) is 66.2 Å². The third-order valence-corrected chi connectivity index (χ3v) is 7.26. The summed E-state index contributed by atoms with van der Waals surface area (Å²) in [5.74, 6) is 1.64. The minimum Gasteiger partial charge on any atom is -0.497 e. The van der Waals surface area contributed by atoms with Crippen LogP contribution in [-0.4, -0.2) is 37.5 Å². The first kappa shape index (κ1) is 25.2. The van der Waals surface area contributed by atoms with Crippen LogP contribution in [0.1, 0.15) is 38.8 Å². The summed E-state index contributed by atoms with van der Waals surface area (Å²) in [4.78, 5) is 7.00. The lowest BCUT2D eigenvalue weighted by Crippen LogP contribution is -2.41. The number of benzene rings is 3. The van der Waals surface area contributed by atoms with Gasteiger partial charge in [0.2, 0.25) is 0 Å². The summed E-state index contributed by atoms with van der Waals surface area (Å²) in [6.07, 6.45) is 0. The lowest BCUT2D eigenvalue weighted by atomic mass is 9.79. The molecule has 0 saturated carbocycles. The standard InChI is InChI=1S/C29H33BN2O5/c1-28(2)29(3,4)37-30(36-28)22-11-16-26-25(17-22)31-27(35-26)32(18-20-7-12-23(33-5)13-8-20)19-21-9-14-24(34-6)15-10-21/h7-17H,18-19H2,1-6H3. The molecule has 7 nitrogen and oxygen atoms in total. The number of hydrogen-bond acceptors (Lipinski definition) is 7. The van der Waals surface area contributed by atoms with E-state index in [2.05, 4.69) is 56.9 Å². The van der Waals surface area contributed by atoms with Crippen LogP contribution < -0.4 is 19.8 Å². The number of fused-ring (bicyclic) bond motifs is 1. The molecule has 1 saturated heterocycles. The number of rotatable bonds is 8. The van der Waals surface area contributed by atoms with Gasteiger partial charge in [-0.05, 0) is 80.7 Å². The zero-order chi connectivity index (χ0) is 26.2. The SMILES string of the molecule is COc1ccc(CN(Cc2ccc(OC)cc2)c2nc3cc(B4OC(C)(C)C(C)(C)O4)ccc3o2)cc1. The zero-order valence-electron chi connectivity index (χ0n) is 22.3. The van der Waals surface area contributed by atoms with Gasteiger partial charge in [0.05, 0.1) is 25.4 Å². The monoisotopic (exact) mass is 500 g/mol. The summed E-state index contributed by atoms with van der Waals surface area (Å²) in [6, 6.07) is 22.5. The number of methoxy groups -OCH3 is 2. The van der Waals surface area contributed by atoms with Crippen LogP contribution >= 0.6 is 0 Å². The highest BCUT2D eigenvalue weighted by Gasteiger charge is 2.51. The fraction of sp³-hybridized carbons (Fsp3) is 0.345. The van der Waals surface area contributed by atoms with Crippen molar-refractivity contribution >= 4 is 29.7 Å². The van der Waals surface area contributed by atoms with Crippen LogP contribution in [0.5, 0.6) is 11.5 Å². The Hall–Kier alpha value is -3.49. The Morgan fingerprint density at radius 3 is 1.76 bits per heavy atom. The lowest BCUT2D eigenvalue weighted by molar-refractivity contribution is 0.00578. The summed E-state index contributed by atoms with van der Waals surface area (Å²) in [5, 5.41) is 0. The van der Waals surface area contributed by atoms with Crippen molar-refractivity contribution in [3.05, 3.63) is 77.9 Å². The zero-order valence-corrected chi connectivity index (χ0v) is 22.3. The van der Waals surface area contributed by atoms with E-state index >= 15 is 0 Å². The molecule has 8 heteroatoms. The quantitative estimate of drug-likeness (QED) is 0.302. The van der Waals surface area contributed by atoms with E-state index in [1.807, 2.05) is 42.5 Å². The highest BCUT2D eigenvalue weighted by molar-refractivity contribution is 6.62. The third kappa shape index (κ3) is 5.17. The summed E-state index contributed by atoms with van der Waals surface area (Å²) in [6.45, 7) is 9.44. The summed E-state index contributed by atoms with van der Waals surface area (Å²) in [7, 11) is 2.88. The van der Waals surface area contributed by atoms with Crippen LogP contribution in [0.3, 0.4) is 0 Å². The van der Waals surface area contributed by atoms with Gasteiger partial charge in [-0.1, -0.05) is 30.3 Å². The van der Waals surface area contributed by atoms with Gasteiger partial charge in [0.15, 0.2) is 5.58 Å². The van der Waals surface area contributed by atoms with E-state index in [1.54, 1.807) is 14.2 Å². The Labute approximate surface area is 218 Å². The third-order valence-electron chi connectivity index (χ3n) is 7.26. The molecule has 5 rings (SSSR count). The maximum absolute atomic E-state index is 6.25. The fourth-order valence-electron chi connectivity index (χ4n) is 4.29. The van der Waals surface area contributed by atoms with E-state index in [0.717, 1.165) is 33.6 Å². The minimum absolute atomic E-state index is 0.408. The van der Waals surface area contributed by atoms with Gasteiger partial charge < -0.3 is 28.1 Å². The van der Waals surface area contributed by atoms with Crippen LogP contribution in [0, 0.1) is 0 Å². The number of hydrogen-bond donors (Lipinski definition) is 0. The van der Waals surface area contributed by atoms with E-state index in [9.17, 15) is 0 Å². The number of nitrogens with zero attached hydrogens (tertiary/aromatic N) is 2. The molecule has 1 fully saturated rings. The molecule has 2 heterocycles. The van der Waals surface area contributed by atoms with Crippen molar-refractivity contribution in [3.8, 4) is 11.5 Å². The summed E-state index contributed by atoms with van der Waals surface area (Å²) >= 11 is 0. The first-order valence-electron chi connectivity index (χ1n) is 12.4. The molecule has 1 aliphatic rings. The molecule has 0 N–H and O–H groups in total. The largest absolute Gasteiger partial charge is 0.497 e. The van der Waals surface area contributed by atoms with Crippen LogP contribution in [-0.2, 0) is 22.4 Å². The molecular weight excluding hydrogens is 467 g/mol. The van der Waals surface area contributed by atoms with E-state index in [4.69, 9.17) is 28.2 Å². The van der Waals surface area contributed by atoms with Crippen LogP contribution in [0.15, 0.2) is 71.1 Å². The van der Waals surface area contributed by atoms with E-state index in [-0.39, 0.29) is 0 Å². The molecular formula is C29H33BN2O5. The van der Waals surface area contributed by atoms with Crippen molar-refractivity contribution in [2.75, 3.05) is 19.1 Å². The fourth-order valence-corrected chi connectivity index (χ4v) is 4.29. The Morgan fingerprint density at radius 2 is 1.27 bits per heavy atom. The molecule has 1 aromatic heterocycles. The summed E-state index contributed by atoms with van der Waals surface area (Å²) in [5.41, 5.74) is 3.82. The summed E-state index contributed by atoms with van der Waals surface area (Å²) < 4.78 is 29.4. The molecule has 3 aromatic carbocycles. The molecule has 4 aromatic rings. The van der Waals surface area contributed by atoms with E-state index in [0.29, 0.717) is 24.7 Å².